The van der Waals surface area contributed by atoms with Crippen molar-refractivity contribution in [2.24, 2.45) is 0 Å². The molecule has 5 aromatic rings. The molecule has 1 N–H and O–H groups in total. The summed E-state index contributed by atoms with van der Waals surface area (Å²) in [5.74, 6) is -0.628. The van der Waals surface area contributed by atoms with Crippen molar-refractivity contribution < 1.29 is 27.4 Å². The van der Waals surface area contributed by atoms with E-state index < -0.39 is 29.0 Å². The van der Waals surface area contributed by atoms with Gasteiger partial charge in [-0.1, -0.05) is 6.07 Å². The van der Waals surface area contributed by atoms with Crippen molar-refractivity contribution in [3.05, 3.63) is 77.5 Å². The Morgan fingerprint density at radius 2 is 1.86 bits per heavy atom. The average molecular weight is 571 g/mol. The maximum absolute atomic E-state index is 15.4. The SMILES string of the molecule is [B]C([B])(O)n1cc(C(F)(F)F)nc1-c1ccc(Cc2nc(-c3c(OC)ncnc3C3CC3)nc3cccnc23)cc1F. The van der Waals surface area contributed by atoms with Crippen LogP contribution in [-0.4, -0.2) is 62.4 Å². The van der Waals surface area contributed by atoms with E-state index in [9.17, 15) is 18.3 Å². The minimum atomic E-state index is -4.88. The second kappa shape index (κ2) is 10.2. The maximum atomic E-state index is 15.4. The molecule has 0 saturated heterocycles. The molecule has 4 aromatic heterocycles. The first-order chi connectivity index (χ1) is 19.9. The number of aromatic nitrogens is 7. The number of benzene rings is 1. The summed E-state index contributed by atoms with van der Waals surface area (Å²) in [6.45, 7) is 0. The van der Waals surface area contributed by atoms with E-state index in [2.05, 4.69) is 19.9 Å². The summed E-state index contributed by atoms with van der Waals surface area (Å²) in [7, 11) is 12.4. The number of pyridine rings is 1. The molecule has 1 aliphatic rings. The van der Waals surface area contributed by atoms with E-state index in [4.69, 9.17) is 30.4 Å². The summed E-state index contributed by atoms with van der Waals surface area (Å²) in [5, 5.41) is 10.0. The van der Waals surface area contributed by atoms with E-state index in [-0.39, 0.29) is 17.9 Å². The number of hydrogen-bond acceptors (Lipinski definition) is 8. The van der Waals surface area contributed by atoms with Crippen LogP contribution >= 0.6 is 0 Å². The average Bonchev–Trinajstić information content (AvgIpc) is 3.68. The summed E-state index contributed by atoms with van der Waals surface area (Å²) < 4.78 is 61.4. The highest BCUT2D eigenvalue weighted by Gasteiger charge is 2.37. The van der Waals surface area contributed by atoms with Crippen LogP contribution in [0.1, 0.15) is 41.4 Å². The first kappa shape index (κ1) is 27.8. The largest absolute Gasteiger partial charge is 0.480 e. The summed E-state index contributed by atoms with van der Waals surface area (Å²) in [6, 6.07) is 7.35. The molecule has 0 unspecified atom stereocenters. The highest BCUT2D eigenvalue weighted by atomic mass is 19.4. The van der Waals surface area contributed by atoms with Crippen molar-refractivity contribution in [1.29, 1.82) is 0 Å². The van der Waals surface area contributed by atoms with Crippen LogP contribution in [0.3, 0.4) is 0 Å². The zero-order chi connectivity index (χ0) is 29.8. The van der Waals surface area contributed by atoms with Gasteiger partial charge in [-0.25, -0.2) is 29.3 Å². The minimum Gasteiger partial charge on any atom is -0.480 e. The first-order valence-electron chi connectivity index (χ1n) is 12.7. The zero-order valence-corrected chi connectivity index (χ0v) is 22.0. The summed E-state index contributed by atoms with van der Waals surface area (Å²) in [6.07, 6.45) is 0.578. The Morgan fingerprint density at radius 1 is 1.07 bits per heavy atom. The van der Waals surface area contributed by atoms with Gasteiger partial charge in [0.2, 0.25) is 5.88 Å². The Labute approximate surface area is 238 Å². The molecule has 0 aliphatic heterocycles. The van der Waals surface area contributed by atoms with Gasteiger partial charge in [0, 0.05) is 24.7 Å². The van der Waals surface area contributed by atoms with Crippen molar-refractivity contribution in [3.8, 4) is 28.7 Å². The number of fused-ring (bicyclic) bond motifs is 1. The molecule has 6 rings (SSSR count). The van der Waals surface area contributed by atoms with Gasteiger partial charge in [0.05, 0.1) is 35.1 Å². The van der Waals surface area contributed by atoms with Crippen LogP contribution < -0.4 is 4.74 Å². The van der Waals surface area contributed by atoms with Gasteiger partial charge in [0.25, 0.3) is 0 Å². The van der Waals surface area contributed by atoms with Crippen LogP contribution in [0, 0.1) is 5.82 Å². The number of ether oxygens (including phenoxy) is 1. The van der Waals surface area contributed by atoms with Gasteiger partial charge in [0.15, 0.2) is 11.5 Å². The molecule has 4 radical (unpaired) electrons. The Morgan fingerprint density at radius 3 is 2.52 bits per heavy atom. The number of aliphatic hydroxyl groups is 1. The fourth-order valence-corrected chi connectivity index (χ4v) is 4.70. The topological polar surface area (TPSA) is 112 Å². The molecule has 0 bridgehead atoms. The molecule has 4 heterocycles. The number of methoxy groups -OCH3 is 1. The Hall–Kier alpha value is -4.39. The minimum absolute atomic E-state index is 0.0922. The number of rotatable bonds is 7. The molecule has 42 heavy (non-hydrogen) atoms. The van der Waals surface area contributed by atoms with E-state index in [1.165, 1.54) is 25.6 Å². The lowest BCUT2D eigenvalue weighted by Crippen LogP contribution is -2.34. The lowest BCUT2D eigenvalue weighted by atomic mass is 9.73. The Kier molecular flexibility index (Phi) is 6.71. The van der Waals surface area contributed by atoms with Gasteiger partial charge >= 0.3 is 6.18 Å². The summed E-state index contributed by atoms with van der Waals surface area (Å²) in [4.78, 5) is 26.0. The second-order valence-electron chi connectivity index (χ2n) is 9.87. The highest BCUT2D eigenvalue weighted by Crippen LogP contribution is 2.45. The van der Waals surface area contributed by atoms with Crippen molar-refractivity contribution in [2.75, 3.05) is 7.11 Å². The van der Waals surface area contributed by atoms with Crippen LogP contribution in [0.15, 0.2) is 49.1 Å². The lowest BCUT2D eigenvalue weighted by Gasteiger charge is -2.23. The standard InChI is InChI=1S/C27H19B2F4N7O2/c1-42-25-20(21(14-5-6-14)35-12-36-25)23-37-17-3-2-8-34-22(17)18(38-23)10-13-4-7-15(16(30)9-13)24-39-19(26(31,32)33)11-40(24)27(28,29)41/h2-4,7-9,11-12,14,41H,5-6,10H2,1H3. The number of alkyl halides is 3. The normalized spacial score (nSPS) is 14.0. The van der Waals surface area contributed by atoms with Gasteiger partial charge in [-0.15, -0.1) is 0 Å². The Bertz CT molecular complexity index is 1820. The van der Waals surface area contributed by atoms with Crippen LogP contribution in [0.4, 0.5) is 17.6 Å². The predicted octanol–water partition coefficient (Wildman–Crippen LogP) is 3.88. The van der Waals surface area contributed by atoms with E-state index in [1.807, 2.05) is 0 Å². The molecule has 208 valence electrons. The number of imidazole rings is 1. The van der Waals surface area contributed by atoms with E-state index in [1.54, 1.807) is 18.3 Å². The maximum Gasteiger partial charge on any atom is 0.434 e. The highest BCUT2D eigenvalue weighted by molar-refractivity contribution is 6.36. The van der Waals surface area contributed by atoms with Crippen molar-refractivity contribution >= 4 is 26.7 Å². The number of nitrogens with zero attached hydrogens (tertiary/aromatic N) is 7. The molecule has 1 fully saturated rings. The molecule has 1 saturated carbocycles. The van der Waals surface area contributed by atoms with Crippen molar-refractivity contribution in [2.45, 2.75) is 36.9 Å². The number of halogens is 4. The second-order valence-corrected chi connectivity index (χ2v) is 9.87. The predicted molar refractivity (Wildman–Crippen MR) is 144 cm³/mol. The lowest BCUT2D eigenvalue weighted by molar-refractivity contribution is -0.141. The molecular weight excluding hydrogens is 552 g/mol. The third-order valence-corrected chi connectivity index (χ3v) is 6.78. The van der Waals surface area contributed by atoms with Crippen LogP contribution in [0.5, 0.6) is 5.88 Å². The molecular formula is C27H19B2F4N7O2. The number of hydrogen-bond donors (Lipinski definition) is 1. The van der Waals surface area contributed by atoms with E-state index in [0.29, 0.717) is 50.3 Å². The fourth-order valence-electron chi connectivity index (χ4n) is 4.70. The monoisotopic (exact) mass is 571 g/mol. The van der Waals surface area contributed by atoms with Crippen LogP contribution in [0.25, 0.3) is 33.8 Å². The van der Waals surface area contributed by atoms with Gasteiger partial charge in [-0.2, -0.15) is 13.2 Å². The van der Waals surface area contributed by atoms with E-state index >= 15 is 4.39 Å². The smallest absolute Gasteiger partial charge is 0.434 e. The van der Waals surface area contributed by atoms with Gasteiger partial charge in [-0.05, 0) is 42.7 Å². The zero-order valence-electron chi connectivity index (χ0n) is 22.0. The molecule has 0 spiro atoms. The third-order valence-electron chi connectivity index (χ3n) is 6.78. The van der Waals surface area contributed by atoms with Gasteiger partial charge in [-0.3, -0.25) is 4.98 Å². The molecule has 0 amide bonds. The fraction of sp³-hybridized carbons (Fsp3) is 0.259. The summed E-state index contributed by atoms with van der Waals surface area (Å²) >= 11 is 0. The molecule has 1 aromatic carbocycles. The summed E-state index contributed by atoms with van der Waals surface area (Å²) in [5.41, 5.74) is -1.25. The quantitative estimate of drug-likeness (QED) is 0.232. The molecule has 1 aliphatic carbocycles. The molecule has 9 nitrogen and oxygen atoms in total. The van der Waals surface area contributed by atoms with Gasteiger partial charge < -0.3 is 14.4 Å². The first-order valence-corrected chi connectivity index (χ1v) is 12.7. The van der Waals surface area contributed by atoms with Crippen LogP contribution in [0.2, 0.25) is 0 Å². The van der Waals surface area contributed by atoms with Crippen molar-refractivity contribution in [1.82, 2.24) is 34.5 Å². The van der Waals surface area contributed by atoms with Crippen LogP contribution in [-0.2, 0) is 18.1 Å². The third kappa shape index (κ3) is 5.20. The van der Waals surface area contributed by atoms with E-state index in [0.717, 1.165) is 24.6 Å². The van der Waals surface area contributed by atoms with Gasteiger partial charge in [0.1, 0.15) is 44.7 Å². The Balaban J connectivity index is 1.43. The molecule has 15 heteroatoms. The van der Waals surface area contributed by atoms with Crippen molar-refractivity contribution in [3.63, 3.8) is 0 Å². The molecule has 0 atom stereocenters.